The minimum atomic E-state index is -0.853. The zero-order valence-corrected chi connectivity index (χ0v) is 11.6. The molecule has 2 N–H and O–H groups in total. The second-order valence-electron chi connectivity index (χ2n) is 5.34. The summed E-state index contributed by atoms with van der Waals surface area (Å²) in [6.45, 7) is 4.41. The number of nitrogens with zero attached hydrogens (tertiary/aromatic N) is 1. The minimum absolute atomic E-state index is 0.0266. The molecule has 1 unspecified atom stereocenters. The number of aromatic nitrogens is 1. The number of nitrogens with one attached hydrogen (secondary N) is 1. The highest BCUT2D eigenvalue weighted by molar-refractivity contribution is 5.95. The Morgan fingerprint density at radius 3 is 2.75 bits per heavy atom. The Hall–Kier alpha value is -2.11. The van der Waals surface area contributed by atoms with Gasteiger partial charge in [0.25, 0.3) is 11.5 Å². The van der Waals surface area contributed by atoms with Gasteiger partial charge in [0.05, 0.1) is 0 Å². The van der Waals surface area contributed by atoms with Gasteiger partial charge >= 0.3 is 5.97 Å². The predicted octanol–water partition coefficient (Wildman–Crippen LogP) is 0.929. The van der Waals surface area contributed by atoms with Crippen LogP contribution in [0.5, 0.6) is 0 Å². The van der Waals surface area contributed by atoms with E-state index in [4.69, 9.17) is 5.11 Å². The topological polar surface area (TPSA) is 90.5 Å². The van der Waals surface area contributed by atoms with Gasteiger partial charge in [-0.2, -0.15) is 0 Å². The molecule has 1 aliphatic rings. The van der Waals surface area contributed by atoms with E-state index in [1.165, 1.54) is 0 Å². The number of likely N-dealkylation sites (tertiary alicyclic amines) is 1. The van der Waals surface area contributed by atoms with Crippen LogP contribution in [0.2, 0.25) is 0 Å². The second kappa shape index (κ2) is 5.48. The molecule has 1 aromatic rings. The first-order valence-electron chi connectivity index (χ1n) is 6.60. The lowest BCUT2D eigenvalue weighted by Gasteiger charge is -2.17. The van der Waals surface area contributed by atoms with E-state index < -0.39 is 5.97 Å². The molecule has 0 aromatic carbocycles. The molecule has 2 rings (SSSR count). The van der Waals surface area contributed by atoms with Crippen LogP contribution in [0.1, 0.15) is 34.5 Å². The number of H-pyrrole nitrogens is 1. The lowest BCUT2D eigenvalue weighted by molar-refractivity contribution is -0.138. The SMILES string of the molecule is Cc1cc(C)c(C(=O)N2CCC(CC(=O)O)C2)c(=O)[nH]1. The third kappa shape index (κ3) is 2.89. The van der Waals surface area contributed by atoms with Crippen LogP contribution >= 0.6 is 0 Å². The van der Waals surface area contributed by atoms with E-state index in [9.17, 15) is 14.4 Å². The Labute approximate surface area is 116 Å². The smallest absolute Gasteiger partial charge is 0.303 e. The van der Waals surface area contributed by atoms with E-state index in [0.717, 1.165) is 0 Å². The van der Waals surface area contributed by atoms with Gasteiger partial charge in [0.1, 0.15) is 5.56 Å². The number of hydrogen-bond acceptors (Lipinski definition) is 3. The fraction of sp³-hybridized carbons (Fsp3) is 0.500. The highest BCUT2D eigenvalue weighted by Crippen LogP contribution is 2.21. The summed E-state index contributed by atoms with van der Waals surface area (Å²) in [6.07, 6.45) is 0.730. The highest BCUT2D eigenvalue weighted by Gasteiger charge is 2.30. The number of carboxylic acids is 1. The monoisotopic (exact) mass is 278 g/mol. The van der Waals surface area contributed by atoms with Gasteiger partial charge in [-0.1, -0.05) is 0 Å². The molecule has 1 atom stereocenters. The summed E-state index contributed by atoms with van der Waals surface area (Å²) in [6, 6.07) is 1.76. The maximum absolute atomic E-state index is 12.4. The van der Waals surface area contributed by atoms with Crippen LogP contribution in [0.25, 0.3) is 0 Å². The minimum Gasteiger partial charge on any atom is -0.481 e. The molecule has 0 bridgehead atoms. The summed E-state index contributed by atoms with van der Waals surface area (Å²) in [5.74, 6) is -1.19. The fourth-order valence-electron chi connectivity index (χ4n) is 2.71. The molecule has 0 saturated carbocycles. The van der Waals surface area contributed by atoms with Gasteiger partial charge in [-0.25, -0.2) is 0 Å². The van der Waals surface area contributed by atoms with E-state index in [0.29, 0.717) is 30.8 Å². The molecule has 1 fully saturated rings. The third-order valence-corrected chi connectivity index (χ3v) is 3.62. The lowest BCUT2D eigenvalue weighted by atomic mass is 10.1. The first kappa shape index (κ1) is 14.3. The van der Waals surface area contributed by atoms with E-state index in [1.807, 2.05) is 0 Å². The number of rotatable bonds is 3. The summed E-state index contributed by atoms with van der Waals surface area (Å²) in [7, 11) is 0. The van der Waals surface area contributed by atoms with Crippen molar-refractivity contribution in [3.63, 3.8) is 0 Å². The Balaban J connectivity index is 2.18. The molecule has 1 aromatic heterocycles. The number of aromatic amines is 1. The number of carbonyl (C=O) groups excluding carboxylic acids is 1. The third-order valence-electron chi connectivity index (χ3n) is 3.62. The van der Waals surface area contributed by atoms with Gasteiger partial charge in [-0.05, 0) is 37.8 Å². The van der Waals surface area contributed by atoms with Gasteiger partial charge in [0, 0.05) is 25.2 Å². The largest absolute Gasteiger partial charge is 0.481 e. The maximum Gasteiger partial charge on any atom is 0.303 e. The van der Waals surface area contributed by atoms with E-state index >= 15 is 0 Å². The molecule has 6 heteroatoms. The highest BCUT2D eigenvalue weighted by atomic mass is 16.4. The van der Waals surface area contributed by atoms with Gasteiger partial charge < -0.3 is 15.0 Å². The van der Waals surface area contributed by atoms with E-state index in [2.05, 4.69) is 4.98 Å². The lowest BCUT2D eigenvalue weighted by Crippen LogP contribution is -2.34. The normalized spacial score (nSPS) is 18.3. The maximum atomic E-state index is 12.4. The van der Waals surface area contributed by atoms with Crippen molar-refractivity contribution in [2.24, 2.45) is 5.92 Å². The average molecular weight is 278 g/mol. The van der Waals surface area contributed by atoms with E-state index in [1.54, 1.807) is 24.8 Å². The Kier molecular flexibility index (Phi) is 3.92. The molecule has 20 heavy (non-hydrogen) atoms. The zero-order chi connectivity index (χ0) is 14.9. The van der Waals surface area contributed by atoms with Crippen LogP contribution in [0.3, 0.4) is 0 Å². The molecule has 108 valence electrons. The van der Waals surface area contributed by atoms with Crippen molar-refractivity contribution < 1.29 is 14.7 Å². The van der Waals surface area contributed by atoms with Crippen molar-refractivity contribution in [2.75, 3.05) is 13.1 Å². The summed E-state index contributed by atoms with van der Waals surface area (Å²) >= 11 is 0. The first-order chi connectivity index (χ1) is 9.38. The van der Waals surface area contributed by atoms with Crippen LogP contribution in [0.15, 0.2) is 10.9 Å². The van der Waals surface area contributed by atoms with Crippen LogP contribution in [-0.4, -0.2) is 40.0 Å². The second-order valence-corrected chi connectivity index (χ2v) is 5.34. The molecule has 2 heterocycles. The fourth-order valence-corrected chi connectivity index (χ4v) is 2.71. The number of aryl methyl sites for hydroxylation is 2. The number of pyridine rings is 1. The quantitative estimate of drug-likeness (QED) is 0.860. The van der Waals surface area contributed by atoms with Gasteiger partial charge in [-0.3, -0.25) is 14.4 Å². The van der Waals surface area contributed by atoms with Crippen molar-refractivity contribution in [1.82, 2.24) is 9.88 Å². The predicted molar refractivity (Wildman–Crippen MR) is 72.8 cm³/mol. The molecule has 6 nitrogen and oxygen atoms in total. The number of carbonyl (C=O) groups is 2. The zero-order valence-electron chi connectivity index (χ0n) is 11.6. The number of aliphatic carboxylic acids is 1. The number of carboxylic acid groups (broad SMARTS) is 1. The summed E-state index contributed by atoms with van der Waals surface area (Å²) in [5, 5.41) is 8.78. The molecular formula is C14H18N2O4. The van der Waals surface area contributed by atoms with Crippen LogP contribution in [0.4, 0.5) is 0 Å². The molecular weight excluding hydrogens is 260 g/mol. The van der Waals surface area contributed by atoms with Crippen LogP contribution < -0.4 is 5.56 Å². The van der Waals surface area contributed by atoms with Gasteiger partial charge in [-0.15, -0.1) is 0 Å². The Morgan fingerprint density at radius 1 is 1.45 bits per heavy atom. The average Bonchev–Trinajstić information content (AvgIpc) is 2.74. The number of amides is 1. The van der Waals surface area contributed by atoms with Crippen molar-refractivity contribution in [3.8, 4) is 0 Å². The van der Waals surface area contributed by atoms with Gasteiger partial charge in [0.15, 0.2) is 0 Å². The van der Waals surface area contributed by atoms with Crippen LogP contribution in [0, 0.1) is 19.8 Å². The van der Waals surface area contributed by atoms with Gasteiger partial charge in [0.2, 0.25) is 0 Å². The van der Waals surface area contributed by atoms with Crippen molar-refractivity contribution in [3.05, 3.63) is 33.2 Å². The van der Waals surface area contributed by atoms with Crippen molar-refractivity contribution >= 4 is 11.9 Å². The molecule has 0 radical (unpaired) electrons. The number of hydrogen-bond donors (Lipinski definition) is 2. The standard InChI is InChI=1S/C14H18N2O4/c1-8-5-9(2)15-13(19)12(8)14(20)16-4-3-10(7-16)6-11(17)18/h5,10H,3-4,6-7H2,1-2H3,(H,15,19)(H,17,18). The summed E-state index contributed by atoms with van der Waals surface area (Å²) < 4.78 is 0. The molecule has 1 saturated heterocycles. The van der Waals surface area contributed by atoms with Crippen molar-refractivity contribution in [2.45, 2.75) is 26.7 Å². The Morgan fingerprint density at radius 2 is 2.15 bits per heavy atom. The van der Waals surface area contributed by atoms with Crippen molar-refractivity contribution in [1.29, 1.82) is 0 Å². The molecule has 0 aliphatic carbocycles. The molecule has 1 amide bonds. The molecule has 0 spiro atoms. The first-order valence-corrected chi connectivity index (χ1v) is 6.60. The van der Waals surface area contributed by atoms with Crippen LogP contribution in [-0.2, 0) is 4.79 Å². The molecule has 1 aliphatic heterocycles. The van der Waals surface area contributed by atoms with E-state index in [-0.39, 0.29) is 29.4 Å². The summed E-state index contributed by atoms with van der Waals surface area (Å²) in [4.78, 5) is 39.2. The Bertz CT molecular complexity index is 606. The summed E-state index contributed by atoms with van der Waals surface area (Å²) in [5.41, 5.74) is 1.15.